The summed E-state index contributed by atoms with van der Waals surface area (Å²) in [5, 5.41) is 4.05. The molecule has 0 saturated carbocycles. The number of methoxy groups -OCH3 is 1. The van der Waals surface area contributed by atoms with Crippen LogP contribution in [0.4, 0.5) is 5.69 Å². The van der Waals surface area contributed by atoms with E-state index in [4.69, 9.17) is 21.1 Å². The molecule has 0 spiro atoms. The van der Waals surface area contributed by atoms with Crippen molar-refractivity contribution in [2.75, 3.05) is 12.4 Å². The second kappa shape index (κ2) is 8.27. The molecular weight excluding hydrogens is 380 g/mol. The molecule has 144 valence electrons. The van der Waals surface area contributed by atoms with Crippen LogP contribution in [0.3, 0.4) is 0 Å². The fourth-order valence-electron chi connectivity index (χ4n) is 2.71. The number of nitrogens with zero attached hydrogens (tertiary/aromatic N) is 1. The molecule has 0 bridgehead atoms. The van der Waals surface area contributed by atoms with E-state index in [1.165, 1.54) is 14.0 Å². The Morgan fingerprint density at radius 1 is 1.18 bits per heavy atom. The fourth-order valence-corrected chi connectivity index (χ4v) is 2.86. The molecule has 1 atom stereocenters. The first kappa shape index (κ1) is 19.6. The molecule has 7 heteroatoms. The third-order valence-corrected chi connectivity index (χ3v) is 4.65. The number of fused-ring (bicyclic) bond motifs is 1. The van der Waals surface area contributed by atoms with Crippen molar-refractivity contribution in [2.24, 2.45) is 0 Å². The van der Waals surface area contributed by atoms with Crippen LogP contribution in [0.1, 0.15) is 22.8 Å². The molecule has 2 aromatic carbocycles. The highest BCUT2D eigenvalue weighted by Gasteiger charge is 2.22. The van der Waals surface area contributed by atoms with Gasteiger partial charge in [-0.2, -0.15) is 0 Å². The number of aryl methyl sites for hydroxylation is 1. The van der Waals surface area contributed by atoms with Gasteiger partial charge in [0.1, 0.15) is 5.75 Å². The van der Waals surface area contributed by atoms with Crippen LogP contribution in [0.25, 0.3) is 10.9 Å². The molecule has 1 amide bonds. The molecule has 6 nitrogen and oxygen atoms in total. The number of ether oxygens (including phenoxy) is 2. The van der Waals surface area contributed by atoms with Crippen LogP contribution < -0.4 is 10.1 Å². The summed E-state index contributed by atoms with van der Waals surface area (Å²) in [6.45, 7) is 3.31. The van der Waals surface area contributed by atoms with E-state index in [1.54, 1.807) is 36.5 Å². The van der Waals surface area contributed by atoms with Crippen molar-refractivity contribution >= 4 is 40.1 Å². The van der Waals surface area contributed by atoms with E-state index in [-0.39, 0.29) is 0 Å². The Morgan fingerprint density at radius 2 is 1.93 bits per heavy atom. The average Bonchev–Trinajstić information content (AvgIpc) is 2.69. The van der Waals surface area contributed by atoms with Gasteiger partial charge in [-0.25, -0.2) is 4.79 Å². The minimum atomic E-state index is -1.02. The zero-order valence-corrected chi connectivity index (χ0v) is 16.4. The lowest BCUT2D eigenvalue weighted by Gasteiger charge is -2.16. The maximum atomic E-state index is 12.6. The lowest BCUT2D eigenvalue weighted by atomic mass is 10.1. The van der Waals surface area contributed by atoms with Crippen molar-refractivity contribution in [2.45, 2.75) is 20.0 Å². The Bertz CT molecular complexity index is 1050. The maximum absolute atomic E-state index is 12.6. The highest BCUT2D eigenvalue weighted by molar-refractivity contribution is 6.31. The van der Waals surface area contributed by atoms with Crippen LogP contribution in [-0.2, 0) is 9.53 Å². The van der Waals surface area contributed by atoms with Crippen molar-refractivity contribution in [1.82, 2.24) is 4.98 Å². The third-order valence-electron chi connectivity index (χ3n) is 4.24. The molecule has 0 aliphatic heterocycles. The first-order chi connectivity index (χ1) is 13.4. The normalized spacial score (nSPS) is 11.7. The van der Waals surface area contributed by atoms with E-state index in [9.17, 15) is 9.59 Å². The Balaban J connectivity index is 1.76. The lowest BCUT2D eigenvalue weighted by Crippen LogP contribution is -2.30. The van der Waals surface area contributed by atoms with E-state index < -0.39 is 18.0 Å². The second-order valence-electron chi connectivity index (χ2n) is 6.22. The van der Waals surface area contributed by atoms with Crippen LogP contribution in [0.5, 0.6) is 5.75 Å². The minimum Gasteiger partial charge on any atom is -0.495 e. The summed E-state index contributed by atoms with van der Waals surface area (Å²) >= 11 is 6.08. The van der Waals surface area contributed by atoms with E-state index >= 15 is 0 Å². The van der Waals surface area contributed by atoms with Gasteiger partial charge in [-0.15, -0.1) is 0 Å². The molecule has 1 heterocycles. The lowest BCUT2D eigenvalue weighted by molar-refractivity contribution is -0.123. The number of hydrogen-bond acceptors (Lipinski definition) is 5. The van der Waals surface area contributed by atoms with Gasteiger partial charge in [0, 0.05) is 22.7 Å². The van der Waals surface area contributed by atoms with Crippen LogP contribution in [0.2, 0.25) is 5.02 Å². The number of esters is 1. The first-order valence-corrected chi connectivity index (χ1v) is 8.98. The average molecular weight is 399 g/mol. The smallest absolute Gasteiger partial charge is 0.341 e. The van der Waals surface area contributed by atoms with Crippen molar-refractivity contribution in [1.29, 1.82) is 0 Å². The molecule has 0 fully saturated rings. The van der Waals surface area contributed by atoms with Crippen molar-refractivity contribution < 1.29 is 19.1 Å². The van der Waals surface area contributed by atoms with Gasteiger partial charge in [0.05, 0.1) is 23.9 Å². The molecule has 1 N–H and O–H groups in total. The number of nitrogens with one attached hydrogen (secondary N) is 1. The van der Waals surface area contributed by atoms with Gasteiger partial charge in [0.25, 0.3) is 5.91 Å². The van der Waals surface area contributed by atoms with Crippen molar-refractivity contribution in [3.63, 3.8) is 0 Å². The number of pyridine rings is 1. The number of amides is 1. The Hall–Kier alpha value is -3.12. The molecule has 0 aliphatic rings. The SMILES string of the molecule is COc1cc(Cl)c(C)cc1NC(=O)[C@H](C)OC(=O)c1cccc2cccnc12. The van der Waals surface area contributed by atoms with Gasteiger partial charge in [-0.05, 0) is 37.6 Å². The van der Waals surface area contributed by atoms with Crippen LogP contribution in [0, 0.1) is 6.92 Å². The second-order valence-corrected chi connectivity index (χ2v) is 6.63. The van der Waals surface area contributed by atoms with E-state index in [0.717, 1.165) is 10.9 Å². The Kier molecular flexibility index (Phi) is 5.80. The largest absolute Gasteiger partial charge is 0.495 e. The maximum Gasteiger partial charge on any atom is 0.341 e. The number of anilines is 1. The summed E-state index contributed by atoms with van der Waals surface area (Å²) in [5.74, 6) is -0.687. The number of carbonyl (C=O) groups excluding carboxylic acids is 2. The highest BCUT2D eigenvalue weighted by atomic mass is 35.5. The van der Waals surface area contributed by atoms with Gasteiger partial charge in [0.2, 0.25) is 0 Å². The first-order valence-electron chi connectivity index (χ1n) is 8.60. The molecule has 3 aromatic rings. The molecular formula is C21H19ClN2O4. The number of carbonyl (C=O) groups is 2. The molecule has 0 radical (unpaired) electrons. The van der Waals surface area contributed by atoms with Gasteiger partial charge >= 0.3 is 5.97 Å². The quantitative estimate of drug-likeness (QED) is 0.645. The molecule has 0 saturated heterocycles. The van der Waals surface area contributed by atoms with Crippen LogP contribution in [-0.4, -0.2) is 30.1 Å². The predicted molar refractivity (Wildman–Crippen MR) is 108 cm³/mol. The number of benzene rings is 2. The summed E-state index contributed by atoms with van der Waals surface area (Å²) in [6.07, 6.45) is 0.580. The number of rotatable bonds is 5. The van der Waals surface area contributed by atoms with Crippen LogP contribution in [0.15, 0.2) is 48.7 Å². The molecule has 0 aliphatic carbocycles. The zero-order chi connectivity index (χ0) is 20.3. The third kappa shape index (κ3) is 4.07. The number of halogens is 1. The van der Waals surface area contributed by atoms with Gasteiger partial charge < -0.3 is 14.8 Å². The predicted octanol–water partition coefficient (Wildman–Crippen LogP) is 4.39. The number of aromatic nitrogens is 1. The molecule has 0 unspecified atom stereocenters. The monoisotopic (exact) mass is 398 g/mol. The molecule has 28 heavy (non-hydrogen) atoms. The Morgan fingerprint density at radius 3 is 2.68 bits per heavy atom. The van der Waals surface area contributed by atoms with Crippen molar-refractivity contribution in [3.05, 3.63) is 64.8 Å². The van der Waals surface area contributed by atoms with Gasteiger partial charge in [-0.3, -0.25) is 9.78 Å². The van der Waals surface area contributed by atoms with Gasteiger partial charge in [0.15, 0.2) is 6.10 Å². The van der Waals surface area contributed by atoms with E-state index in [1.807, 2.05) is 19.1 Å². The number of para-hydroxylation sites is 1. The summed E-state index contributed by atoms with van der Waals surface area (Å²) < 4.78 is 10.6. The topological polar surface area (TPSA) is 77.5 Å². The number of hydrogen-bond donors (Lipinski definition) is 1. The van der Waals surface area contributed by atoms with E-state index in [0.29, 0.717) is 27.5 Å². The minimum absolute atomic E-state index is 0.303. The summed E-state index contributed by atoms with van der Waals surface area (Å²) in [5.41, 5.74) is 2.06. The molecule has 3 rings (SSSR count). The summed E-state index contributed by atoms with van der Waals surface area (Å²) in [6, 6.07) is 12.2. The standard InChI is InChI=1S/C21H19ClN2O4/c1-12-10-17(18(27-3)11-16(12)22)24-20(25)13(2)28-21(26)15-8-4-6-14-7-5-9-23-19(14)15/h4-11,13H,1-3H3,(H,24,25)/t13-/m0/s1. The summed E-state index contributed by atoms with van der Waals surface area (Å²) in [7, 11) is 1.48. The molecule has 1 aromatic heterocycles. The Labute approximate surface area is 167 Å². The van der Waals surface area contributed by atoms with Gasteiger partial charge in [-0.1, -0.05) is 29.8 Å². The zero-order valence-electron chi connectivity index (χ0n) is 15.7. The fraction of sp³-hybridized carbons (Fsp3) is 0.190. The highest BCUT2D eigenvalue weighted by Crippen LogP contribution is 2.31. The van der Waals surface area contributed by atoms with Crippen molar-refractivity contribution in [3.8, 4) is 5.75 Å². The van der Waals surface area contributed by atoms with E-state index in [2.05, 4.69) is 10.3 Å². The van der Waals surface area contributed by atoms with Crippen LogP contribution >= 0.6 is 11.6 Å². The summed E-state index contributed by atoms with van der Waals surface area (Å²) in [4.78, 5) is 29.3.